The van der Waals surface area contributed by atoms with E-state index >= 15 is 0 Å². The number of amides is 2. The summed E-state index contributed by atoms with van der Waals surface area (Å²) >= 11 is 0. The van der Waals surface area contributed by atoms with Crippen molar-refractivity contribution in [1.82, 2.24) is 9.80 Å². The van der Waals surface area contributed by atoms with Gasteiger partial charge in [0.15, 0.2) is 0 Å². The first-order valence-corrected chi connectivity index (χ1v) is 6.01. The third kappa shape index (κ3) is 4.36. The molecule has 1 heterocycles. The number of anilines is 1. The molecule has 0 spiro atoms. The van der Waals surface area contributed by atoms with E-state index in [1.807, 2.05) is 14.1 Å². The quantitative estimate of drug-likeness (QED) is 0.926. The zero-order chi connectivity index (χ0) is 13.1. The van der Waals surface area contributed by atoms with E-state index in [2.05, 4.69) is 10.2 Å². The van der Waals surface area contributed by atoms with E-state index in [1.165, 1.54) is 12.1 Å². The molecule has 0 atom stereocenters. The molecule has 2 amide bonds. The minimum Gasteiger partial charge on any atom is -0.324 e. The normalized spacial score (nSPS) is 14.8. The average Bonchev–Trinajstić information content (AvgIpc) is 2.22. The van der Waals surface area contributed by atoms with Crippen LogP contribution < -0.4 is 5.32 Å². The van der Waals surface area contributed by atoms with E-state index in [0.29, 0.717) is 11.6 Å². The predicted molar refractivity (Wildman–Crippen MR) is 76.3 cm³/mol. The largest absolute Gasteiger partial charge is 0.324 e. The number of nitrogens with one attached hydrogen (secondary N) is 1. The molecular formula is C13H19ClFN3O. The molecule has 1 fully saturated rings. The lowest BCUT2D eigenvalue weighted by Crippen LogP contribution is -2.54. The summed E-state index contributed by atoms with van der Waals surface area (Å²) in [6, 6.07) is 5.77. The number of nitrogens with zero attached hydrogens (tertiary/aromatic N) is 2. The SMILES string of the molecule is CN(C)CC1CN(C(=O)Nc2cccc(F)c2)C1.Cl. The highest BCUT2D eigenvalue weighted by atomic mass is 35.5. The third-order valence-corrected chi connectivity index (χ3v) is 2.94. The third-order valence-electron chi connectivity index (χ3n) is 2.94. The highest BCUT2D eigenvalue weighted by Gasteiger charge is 2.30. The first-order chi connectivity index (χ1) is 8.54. The fourth-order valence-electron chi connectivity index (χ4n) is 2.14. The fraction of sp³-hybridized carbons (Fsp3) is 0.462. The monoisotopic (exact) mass is 287 g/mol. The van der Waals surface area contributed by atoms with Gasteiger partial charge >= 0.3 is 6.03 Å². The number of rotatable bonds is 3. The van der Waals surface area contributed by atoms with E-state index in [1.54, 1.807) is 17.0 Å². The van der Waals surface area contributed by atoms with Gasteiger partial charge in [-0.2, -0.15) is 0 Å². The summed E-state index contributed by atoms with van der Waals surface area (Å²) in [5, 5.41) is 2.69. The van der Waals surface area contributed by atoms with Gasteiger partial charge in [0.2, 0.25) is 0 Å². The van der Waals surface area contributed by atoms with Crippen LogP contribution in [-0.4, -0.2) is 49.6 Å². The first kappa shape index (κ1) is 15.7. The molecular weight excluding hydrogens is 269 g/mol. The van der Waals surface area contributed by atoms with Crippen molar-refractivity contribution in [2.24, 2.45) is 5.92 Å². The van der Waals surface area contributed by atoms with Crippen LogP contribution in [0.1, 0.15) is 0 Å². The number of benzene rings is 1. The Hall–Kier alpha value is -1.33. The van der Waals surface area contributed by atoms with E-state index in [0.717, 1.165) is 19.6 Å². The molecule has 106 valence electrons. The van der Waals surface area contributed by atoms with Gasteiger partial charge in [-0.15, -0.1) is 12.4 Å². The zero-order valence-corrected chi connectivity index (χ0v) is 11.9. The van der Waals surface area contributed by atoms with Crippen molar-refractivity contribution in [1.29, 1.82) is 0 Å². The Bertz CT molecular complexity index is 436. The molecule has 0 unspecified atom stereocenters. The van der Waals surface area contributed by atoms with Crippen molar-refractivity contribution in [3.63, 3.8) is 0 Å². The number of halogens is 2. The lowest BCUT2D eigenvalue weighted by atomic mass is 10.0. The number of hydrogen-bond acceptors (Lipinski definition) is 2. The van der Waals surface area contributed by atoms with Crippen LogP contribution in [0.15, 0.2) is 24.3 Å². The van der Waals surface area contributed by atoms with Crippen LogP contribution in [0, 0.1) is 11.7 Å². The second kappa shape index (κ2) is 6.73. The Balaban J connectivity index is 0.00000180. The molecule has 0 radical (unpaired) electrons. The van der Waals surface area contributed by atoms with Crippen LogP contribution in [0.25, 0.3) is 0 Å². The number of carbonyl (C=O) groups excluding carboxylic acids is 1. The molecule has 0 aromatic heterocycles. The minimum absolute atomic E-state index is 0. The van der Waals surface area contributed by atoms with Gasteiger partial charge in [-0.25, -0.2) is 9.18 Å². The lowest BCUT2D eigenvalue weighted by molar-refractivity contribution is 0.111. The molecule has 0 aliphatic carbocycles. The summed E-state index contributed by atoms with van der Waals surface area (Å²) in [4.78, 5) is 15.7. The number of likely N-dealkylation sites (tertiary alicyclic amines) is 1. The van der Waals surface area contributed by atoms with Crippen molar-refractivity contribution in [3.05, 3.63) is 30.1 Å². The van der Waals surface area contributed by atoms with Gasteiger partial charge < -0.3 is 15.1 Å². The predicted octanol–water partition coefficient (Wildman–Crippen LogP) is 2.27. The van der Waals surface area contributed by atoms with Crippen LogP contribution in [0.3, 0.4) is 0 Å². The summed E-state index contributed by atoms with van der Waals surface area (Å²) in [6.45, 7) is 2.52. The second-order valence-electron chi connectivity index (χ2n) is 4.97. The molecule has 1 aromatic carbocycles. The fourth-order valence-corrected chi connectivity index (χ4v) is 2.14. The Morgan fingerprint density at radius 3 is 2.74 bits per heavy atom. The molecule has 1 N–H and O–H groups in total. The van der Waals surface area contributed by atoms with Gasteiger partial charge in [0, 0.05) is 31.2 Å². The van der Waals surface area contributed by atoms with Crippen molar-refractivity contribution >= 4 is 24.1 Å². The molecule has 1 aromatic rings. The molecule has 1 saturated heterocycles. The standard InChI is InChI=1S/C13H18FN3O.ClH/c1-16(2)7-10-8-17(9-10)13(18)15-12-5-3-4-11(14)6-12;/h3-6,10H,7-9H2,1-2H3,(H,15,18);1H. The lowest BCUT2D eigenvalue weighted by Gasteiger charge is -2.40. The van der Waals surface area contributed by atoms with Crippen LogP contribution >= 0.6 is 12.4 Å². The molecule has 0 bridgehead atoms. The van der Waals surface area contributed by atoms with Crippen LogP contribution in [0.5, 0.6) is 0 Å². The van der Waals surface area contributed by atoms with Gasteiger partial charge in [0.05, 0.1) is 0 Å². The maximum absolute atomic E-state index is 12.9. The second-order valence-corrected chi connectivity index (χ2v) is 4.97. The summed E-state index contributed by atoms with van der Waals surface area (Å²) in [5.41, 5.74) is 0.496. The Morgan fingerprint density at radius 1 is 1.47 bits per heavy atom. The van der Waals surface area contributed by atoms with E-state index < -0.39 is 0 Å². The Labute approximate surface area is 119 Å². The molecule has 4 nitrogen and oxygen atoms in total. The summed E-state index contributed by atoms with van der Waals surface area (Å²) in [7, 11) is 4.05. The smallest absolute Gasteiger partial charge is 0.321 e. The number of hydrogen-bond donors (Lipinski definition) is 1. The summed E-state index contributed by atoms with van der Waals surface area (Å²) in [6.07, 6.45) is 0. The molecule has 1 aliphatic rings. The van der Waals surface area contributed by atoms with Crippen molar-refractivity contribution < 1.29 is 9.18 Å². The van der Waals surface area contributed by atoms with Crippen molar-refractivity contribution in [2.75, 3.05) is 39.0 Å². The van der Waals surface area contributed by atoms with Gasteiger partial charge in [-0.3, -0.25) is 0 Å². The summed E-state index contributed by atoms with van der Waals surface area (Å²) < 4.78 is 12.9. The van der Waals surface area contributed by atoms with Gasteiger partial charge in [0.25, 0.3) is 0 Å². The van der Waals surface area contributed by atoms with Crippen molar-refractivity contribution in [2.45, 2.75) is 0 Å². The molecule has 2 rings (SSSR count). The molecule has 1 aliphatic heterocycles. The van der Waals surface area contributed by atoms with E-state index in [4.69, 9.17) is 0 Å². The maximum atomic E-state index is 12.9. The van der Waals surface area contributed by atoms with Crippen molar-refractivity contribution in [3.8, 4) is 0 Å². The molecule has 0 saturated carbocycles. The highest BCUT2D eigenvalue weighted by molar-refractivity contribution is 5.89. The van der Waals surface area contributed by atoms with Crippen LogP contribution in [0.2, 0.25) is 0 Å². The minimum atomic E-state index is -0.345. The van der Waals surface area contributed by atoms with E-state index in [9.17, 15) is 9.18 Å². The van der Waals surface area contributed by atoms with Crippen LogP contribution in [-0.2, 0) is 0 Å². The topological polar surface area (TPSA) is 35.6 Å². The van der Waals surface area contributed by atoms with Gasteiger partial charge in [-0.05, 0) is 32.3 Å². The number of carbonyl (C=O) groups is 1. The molecule has 19 heavy (non-hydrogen) atoms. The first-order valence-electron chi connectivity index (χ1n) is 6.01. The van der Waals surface area contributed by atoms with Gasteiger partial charge in [-0.1, -0.05) is 6.07 Å². The van der Waals surface area contributed by atoms with Crippen LogP contribution in [0.4, 0.5) is 14.9 Å². The number of urea groups is 1. The summed E-state index contributed by atoms with van der Waals surface area (Å²) in [5.74, 6) is 0.195. The zero-order valence-electron chi connectivity index (χ0n) is 11.1. The Kier molecular flexibility index (Phi) is 5.57. The van der Waals surface area contributed by atoms with Gasteiger partial charge in [0.1, 0.15) is 5.82 Å². The average molecular weight is 288 g/mol. The Morgan fingerprint density at radius 2 is 2.16 bits per heavy atom. The van der Waals surface area contributed by atoms with E-state index in [-0.39, 0.29) is 24.3 Å². The molecule has 6 heteroatoms. The maximum Gasteiger partial charge on any atom is 0.321 e. The highest BCUT2D eigenvalue weighted by Crippen LogP contribution is 2.18.